The highest BCUT2D eigenvalue weighted by Crippen LogP contribution is 2.29. The number of hydrogen-bond acceptors (Lipinski definition) is 2. The van der Waals surface area contributed by atoms with Crippen LogP contribution in [0.5, 0.6) is 0 Å². The number of nitrogen functional groups attached to an aromatic ring is 1. The monoisotopic (exact) mass is 407 g/mol. The van der Waals surface area contributed by atoms with E-state index in [1.807, 2.05) is 18.2 Å². The van der Waals surface area contributed by atoms with Gasteiger partial charge in [0.15, 0.2) is 0 Å². The fourth-order valence-corrected chi connectivity index (χ4v) is 3.07. The summed E-state index contributed by atoms with van der Waals surface area (Å²) in [6.45, 7) is 5.31. The Kier molecular flexibility index (Phi) is 8.95. The van der Waals surface area contributed by atoms with E-state index in [0.717, 1.165) is 17.5 Å². The molecule has 0 aromatic heterocycles. The zero-order chi connectivity index (χ0) is 21.9. The second kappa shape index (κ2) is 11.7. The van der Waals surface area contributed by atoms with Crippen molar-refractivity contribution in [3.8, 4) is 22.3 Å². The predicted octanol–water partition coefficient (Wildman–Crippen LogP) is 6.99. The van der Waals surface area contributed by atoms with Crippen molar-refractivity contribution in [3.63, 3.8) is 0 Å². The zero-order valence-electron chi connectivity index (χ0n) is 17.2. The Labute approximate surface area is 177 Å². The molecule has 0 heterocycles. The lowest BCUT2D eigenvalue weighted by Gasteiger charge is -2.09. The van der Waals surface area contributed by atoms with Gasteiger partial charge in [-0.15, -0.1) is 0 Å². The molecule has 4 heteroatoms. The molecule has 2 nitrogen and oxygen atoms in total. The van der Waals surface area contributed by atoms with Crippen molar-refractivity contribution >= 4 is 12.0 Å². The number of carbonyl (C=O) groups is 1. The third-order valence-corrected chi connectivity index (χ3v) is 4.73. The third-order valence-electron chi connectivity index (χ3n) is 4.73. The van der Waals surface area contributed by atoms with Crippen LogP contribution in [-0.4, -0.2) is 6.29 Å². The minimum atomic E-state index is -0.537. The molecule has 0 radical (unpaired) electrons. The maximum Gasteiger partial charge on any atom is 0.146 e. The molecule has 0 saturated heterocycles. The molecule has 30 heavy (non-hydrogen) atoms. The minimum absolute atomic E-state index is 0.0600. The van der Waals surface area contributed by atoms with E-state index in [2.05, 4.69) is 25.6 Å². The number of anilines is 1. The number of carbonyl (C=O) groups excluding carboxylic acids is 1. The molecule has 0 aliphatic carbocycles. The van der Waals surface area contributed by atoms with Gasteiger partial charge in [-0.1, -0.05) is 68.8 Å². The van der Waals surface area contributed by atoms with Crippen molar-refractivity contribution in [2.75, 3.05) is 5.73 Å². The third kappa shape index (κ3) is 6.38. The van der Waals surface area contributed by atoms with Crippen molar-refractivity contribution < 1.29 is 13.6 Å². The standard InChI is InChI=1S/C23H23F2N.C3H4O/c1-2-3-4-5-16-6-8-17(9-7-16)18-10-12-20(21(24)14-18)19-11-13-23(26)22(25)15-19;1-2-3-4/h6-15H,2-5,26H2,1H3;2-3H,1H2. The molecule has 0 aliphatic rings. The van der Waals surface area contributed by atoms with Gasteiger partial charge in [-0.25, -0.2) is 8.78 Å². The van der Waals surface area contributed by atoms with Crippen LogP contribution in [0.2, 0.25) is 0 Å². The summed E-state index contributed by atoms with van der Waals surface area (Å²) in [4.78, 5) is 9.06. The van der Waals surface area contributed by atoms with E-state index in [9.17, 15) is 8.78 Å². The first-order chi connectivity index (χ1) is 14.5. The highest BCUT2D eigenvalue weighted by atomic mass is 19.1. The predicted molar refractivity (Wildman–Crippen MR) is 121 cm³/mol. The quantitative estimate of drug-likeness (QED) is 0.199. The Morgan fingerprint density at radius 3 is 2.03 bits per heavy atom. The fourth-order valence-electron chi connectivity index (χ4n) is 3.07. The first-order valence-electron chi connectivity index (χ1n) is 10.0. The van der Waals surface area contributed by atoms with E-state index >= 15 is 0 Å². The highest BCUT2D eigenvalue weighted by Gasteiger charge is 2.09. The molecule has 0 amide bonds. The molecular weight excluding hydrogens is 380 g/mol. The number of allylic oxidation sites excluding steroid dienone is 1. The van der Waals surface area contributed by atoms with Crippen LogP contribution in [0.4, 0.5) is 14.5 Å². The van der Waals surface area contributed by atoms with Crippen LogP contribution in [0.25, 0.3) is 22.3 Å². The number of halogens is 2. The van der Waals surface area contributed by atoms with Crippen molar-refractivity contribution in [2.45, 2.75) is 32.6 Å². The lowest BCUT2D eigenvalue weighted by Crippen LogP contribution is -1.92. The molecule has 3 aromatic carbocycles. The van der Waals surface area contributed by atoms with E-state index in [-0.39, 0.29) is 11.5 Å². The summed E-state index contributed by atoms with van der Waals surface area (Å²) in [5, 5.41) is 0. The lowest BCUT2D eigenvalue weighted by atomic mass is 9.98. The Bertz CT molecular complexity index is 975. The van der Waals surface area contributed by atoms with Gasteiger partial charge in [0.1, 0.15) is 17.9 Å². The SMILES string of the molecule is C=CC=O.CCCCCc1ccc(-c2ccc(-c3ccc(N)c(F)c3)c(F)c2)cc1. The number of hydrogen-bond donors (Lipinski definition) is 1. The summed E-state index contributed by atoms with van der Waals surface area (Å²) in [5.74, 6) is -0.914. The molecule has 0 aliphatic heterocycles. The maximum absolute atomic E-state index is 14.6. The van der Waals surface area contributed by atoms with E-state index in [0.29, 0.717) is 17.4 Å². The van der Waals surface area contributed by atoms with Crippen molar-refractivity contribution in [2.24, 2.45) is 0 Å². The van der Waals surface area contributed by atoms with Gasteiger partial charge in [0.2, 0.25) is 0 Å². The molecule has 0 fully saturated rings. The van der Waals surface area contributed by atoms with Crippen molar-refractivity contribution in [1.82, 2.24) is 0 Å². The molecule has 0 spiro atoms. The van der Waals surface area contributed by atoms with E-state index in [1.54, 1.807) is 12.1 Å². The molecule has 0 bridgehead atoms. The molecule has 0 unspecified atom stereocenters. The number of nitrogens with two attached hydrogens (primary N) is 1. The second-order valence-electron chi connectivity index (χ2n) is 6.96. The Morgan fingerprint density at radius 2 is 1.47 bits per heavy atom. The van der Waals surface area contributed by atoms with E-state index in [4.69, 9.17) is 10.5 Å². The van der Waals surface area contributed by atoms with Gasteiger partial charge in [-0.2, -0.15) is 0 Å². The topological polar surface area (TPSA) is 43.1 Å². The largest absolute Gasteiger partial charge is 0.396 e. The number of rotatable bonds is 7. The van der Waals surface area contributed by atoms with Gasteiger partial charge >= 0.3 is 0 Å². The van der Waals surface area contributed by atoms with Crippen LogP contribution in [0.1, 0.15) is 31.7 Å². The summed E-state index contributed by atoms with van der Waals surface area (Å²) in [6, 6.07) is 17.6. The highest BCUT2D eigenvalue weighted by molar-refractivity contribution is 5.72. The molecule has 2 N–H and O–H groups in total. The van der Waals surface area contributed by atoms with Crippen LogP contribution in [0.15, 0.2) is 73.3 Å². The van der Waals surface area contributed by atoms with Gasteiger partial charge in [0, 0.05) is 5.56 Å². The van der Waals surface area contributed by atoms with Crippen molar-refractivity contribution in [3.05, 3.63) is 90.5 Å². The molecule has 3 aromatic rings. The Morgan fingerprint density at radius 1 is 0.867 bits per heavy atom. The molecule has 3 rings (SSSR count). The van der Waals surface area contributed by atoms with Gasteiger partial charge in [-0.3, -0.25) is 4.79 Å². The summed E-state index contributed by atoms with van der Waals surface area (Å²) in [5.41, 5.74) is 9.47. The normalized spacial score (nSPS) is 10.1. The smallest absolute Gasteiger partial charge is 0.146 e. The first-order valence-corrected chi connectivity index (χ1v) is 10.0. The van der Waals surface area contributed by atoms with Gasteiger partial charge in [0.25, 0.3) is 0 Å². The van der Waals surface area contributed by atoms with Crippen LogP contribution in [-0.2, 0) is 11.2 Å². The minimum Gasteiger partial charge on any atom is -0.396 e. The van der Waals surface area contributed by atoms with E-state index in [1.165, 1.54) is 49.1 Å². The Balaban J connectivity index is 0.000000735. The molecular formula is C26H27F2NO. The number of aldehydes is 1. The van der Waals surface area contributed by atoms with E-state index < -0.39 is 5.82 Å². The average Bonchev–Trinajstić information content (AvgIpc) is 2.76. The first kappa shape index (κ1) is 23.0. The van der Waals surface area contributed by atoms with Crippen LogP contribution in [0, 0.1) is 11.6 Å². The Hall–Kier alpha value is -3.27. The van der Waals surface area contributed by atoms with Crippen molar-refractivity contribution in [1.29, 1.82) is 0 Å². The molecule has 156 valence electrons. The fraction of sp³-hybridized carbons (Fsp3) is 0.192. The summed E-state index contributed by atoms with van der Waals surface area (Å²) >= 11 is 0. The van der Waals surface area contributed by atoms with Crippen LogP contribution >= 0.6 is 0 Å². The summed E-state index contributed by atoms with van der Waals surface area (Å²) < 4.78 is 28.2. The van der Waals surface area contributed by atoms with Gasteiger partial charge in [0.05, 0.1) is 5.69 Å². The summed E-state index contributed by atoms with van der Waals surface area (Å²) in [6.07, 6.45) is 6.54. The van der Waals surface area contributed by atoms with Crippen LogP contribution < -0.4 is 5.73 Å². The molecule has 0 atom stereocenters. The number of unbranched alkanes of at least 4 members (excludes halogenated alkanes) is 2. The zero-order valence-corrected chi connectivity index (χ0v) is 17.2. The van der Waals surface area contributed by atoms with Crippen LogP contribution in [0.3, 0.4) is 0 Å². The molecule has 0 saturated carbocycles. The number of benzene rings is 3. The van der Waals surface area contributed by atoms with Gasteiger partial charge < -0.3 is 5.73 Å². The second-order valence-corrected chi connectivity index (χ2v) is 6.96. The maximum atomic E-state index is 14.6. The lowest BCUT2D eigenvalue weighted by molar-refractivity contribution is -0.104. The summed E-state index contributed by atoms with van der Waals surface area (Å²) in [7, 11) is 0. The van der Waals surface area contributed by atoms with Gasteiger partial charge in [-0.05, 0) is 59.4 Å². The number of aryl methyl sites for hydroxylation is 1. The average molecular weight is 408 g/mol.